The molecule has 1 aliphatic heterocycles. The Balaban J connectivity index is 1.45. The van der Waals surface area contributed by atoms with E-state index in [0.717, 1.165) is 31.0 Å². The largest absolute Gasteiger partial charge is 0.471 e. The summed E-state index contributed by atoms with van der Waals surface area (Å²) in [5.74, 6) is 1.21. The molecule has 174 valence electrons. The zero-order chi connectivity index (χ0) is 23.7. The van der Waals surface area contributed by atoms with Crippen LogP contribution < -0.4 is 10.1 Å². The van der Waals surface area contributed by atoms with Crippen molar-refractivity contribution in [3.05, 3.63) is 72.0 Å². The van der Waals surface area contributed by atoms with Gasteiger partial charge in [0.2, 0.25) is 5.91 Å². The topological polar surface area (TPSA) is 66.3 Å². The average Bonchev–Trinajstić information content (AvgIpc) is 3.09. The molecule has 3 rings (SSSR count). The van der Waals surface area contributed by atoms with Crippen molar-refractivity contribution in [1.29, 1.82) is 0 Å². The van der Waals surface area contributed by atoms with Crippen LogP contribution in [0.2, 0.25) is 0 Å². The molecule has 0 spiro atoms. The minimum Gasteiger partial charge on any atom is -0.471 e. The lowest BCUT2D eigenvalue weighted by Crippen LogP contribution is -2.20. The number of carbonyl (C=O) groups excluding carboxylic acids is 1. The van der Waals surface area contributed by atoms with Crippen molar-refractivity contribution in [2.45, 2.75) is 32.4 Å². The number of amides is 1. The normalized spacial score (nSPS) is 17.3. The second-order valence-corrected chi connectivity index (χ2v) is 7.29. The highest BCUT2D eigenvalue weighted by atomic mass is 19.4. The van der Waals surface area contributed by atoms with Gasteiger partial charge in [0.15, 0.2) is 6.73 Å². The van der Waals surface area contributed by atoms with Crippen LogP contribution >= 0.6 is 0 Å². The van der Waals surface area contributed by atoms with Gasteiger partial charge >= 0.3 is 6.18 Å². The molecule has 33 heavy (non-hydrogen) atoms. The van der Waals surface area contributed by atoms with Crippen molar-refractivity contribution in [3.63, 3.8) is 0 Å². The van der Waals surface area contributed by atoms with Crippen LogP contribution in [0.4, 0.5) is 18.9 Å². The van der Waals surface area contributed by atoms with Crippen LogP contribution in [0.3, 0.4) is 0 Å². The third-order valence-electron chi connectivity index (χ3n) is 4.88. The van der Waals surface area contributed by atoms with Gasteiger partial charge in [-0.25, -0.2) is 9.98 Å². The third kappa shape index (κ3) is 7.48. The van der Waals surface area contributed by atoms with Crippen LogP contribution in [-0.4, -0.2) is 42.4 Å². The van der Waals surface area contributed by atoms with Gasteiger partial charge in [0.25, 0.3) is 0 Å². The highest BCUT2D eigenvalue weighted by Gasteiger charge is 2.31. The Kier molecular flexibility index (Phi) is 8.23. The Hall–Kier alpha value is -3.62. The van der Waals surface area contributed by atoms with Crippen molar-refractivity contribution in [1.82, 2.24) is 4.90 Å². The molecule has 2 aliphatic rings. The molecule has 1 N–H and O–H groups in total. The fourth-order valence-corrected chi connectivity index (χ4v) is 3.19. The number of halogens is 3. The molecule has 0 atom stereocenters. The van der Waals surface area contributed by atoms with Gasteiger partial charge in [-0.1, -0.05) is 36.0 Å². The molecule has 0 saturated carbocycles. The smallest absolute Gasteiger partial charge is 0.416 e. The third-order valence-corrected chi connectivity index (χ3v) is 4.88. The van der Waals surface area contributed by atoms with Gasteiger partial charge in [0, 0.05) is 31.3 Å². The molecule has 0 radical (unpaired) electrons. The molecule has 0 saturated heterocycles. The molecule has 1 aliphatic carbocycles. The molecule has 0 fully saturated rings. The number of aliphatic imine (C=N–C) groups is 2. The predicted molar refractivity (Wildman–Crippen MR) is 123 cm³/mol. The molecule has 0 bridgehead atoms. The van der Waals surface area contributed by atoms with Crippen LogP contribution in [0.15, 0.2) is 82.0 Å². The quantitative estimate of drug-likeness (QED) is 0.419. The van der Waals surface area contributed by atoms with Crippen LogP contribution in [0.5, 0.6) is 5.75 Å². The summed E-state index contributed by atoms with van der Waals surface area (Å²) >= 11 is 0. The molecular weight excluding hydrogens is 433 g/mol. The van der Waals surface area contributed by atoms with E-state index in [0.29, 0.717) is 17.0 Å². The summed E-state index contributed by atoms with van der Waals surface area (Å²) in [4.78, 5) is 22.7. The maximum atomic E-state index is 12.8. The Labute approximate surface area is 190 Å². The van der Waals surface area contributed by atoms with Crippen molar-refractivity contribution in [2.75, 3.05) is 18.6 Å². The van der Waals surface area contributed by atoms with E-state index in [2.05, 4.69) is 15.3 Å². The molecule has 1 aromatic carbocycles. The molecule has 6 nitrogen and oxygen atoms in total. The van der Waals surface area contributed by atoms with E-state index in [4.69, 9.17) is 4.74 Å². The lowest BCUT2D eigenvalue weighted by atomic mass is 10.1. The van der Waals surface area contributed by atoms with Gasteiger partial charge in [-0.3, -0.25) is 4.79 Å². The lowest BCUT2D eigenvalue weighted by Gasteiger charge is -2.12. The Morgan fingerprint density at radius 1 is 1.18 bits per heavy atom. The summed E-state index contributed by atoms with van der Waals surface area (Å²) in [6.45, 7) is 3.01. The predicted octanol–water partition coefficient (Wildman–Crippen LogP) is 5.39. The molecule has 1 aromatic rings. The summed E-state index contributed by atoms with van der Waals surface area (Å²) < 4.78 is 43.9. The van der Waals surface area contributed by atoms with E-state index < -0.39 is 11.7 Å². The van der Waals surface area contributed by atoms with Gasteiger partial charge in [-0.2, -0.15) is 13.2 Å². The Morgan fingerprint density at radius 2 is 1.97 bits per heavy atom. The van der Waals surface area contributed by atoms with Gasteiger partial charge in [-0.15, -0.1) is 0 Å². The van der Waals surface area contributed by atoms with Gasteiger partial charge in [-0.05, 0) is 37.6 Å². The van der Waals surface area contributed by atoms with Crippen LogP contribution in [0, 0.1) is 0 Å². The number of anilines is 1. The number of hydrogen-bond acceptors (Lipinski definition) is 3. The number of nitrogens with one attached hydrogen (secondary N) is 1. The molecule has 0 unspecified atom stereocenters. The SMILES string of the molecule is CCN1C=CCC1=NC=NCOc1ccc(NC(=O)CC2=CC=C(C(F)(F)F)C=CC2)cc1. The van der Waals surface area contributed by atoms with E-state index in [9.17, 15) is 18.0 Å². The van der Waals surface area contributed by atoms with Gasteiger partial charge < -0.3 is 15.0 Å². The summed E-state index contributed by atoms with van der Waals surface area (Å²) in [5.41, 5.74) is 0.426. The number of carbonyl (C=O) groups is 1. The summed E-state index contributed by atoms with van der Waals surface area (Å²) in [6, 6.07) is 6.76. The van der Waals surface area contributed by atoms with E-state index in [1.165, 1.54) is 18.5 Å². The maximum absolute atomic E-state index is 12.8. The number of ether oxygens (including phenoxy) is 1. The zero-order valence-corrected chi connectivity index (χ0v) is 18.2. The first-order chi connectivity index (χ1) is 15.8. The van der Waals surface area contributed by atoms with Crippen molar-refractivity contribution in [2.24, 2.45) is 9.98 Å². The highest BCUT2D eigenvalue weighted by molar-refractivity contribution is 5.92. The second-order valence-electron chi connectivity index (χ2n) is 7.29. The van der Waals surface area contributed by atoms with Gasteiger partial charge in [0.1, 0.15) is 17.9 Å². The summed E-state index contributed by atoms with van der Waals surface area (Å²) in [5, 5.41) is 2.74. The first-order valence-electron chi connectivity index (χ1n) is 10.5. The van der Waals surface area contributed by atoms with Crippen LogP contribution in [-0.2, 0) is 4.79 Å². The highest BCUT2D eigenvalue weighted by Crippen LogP contribution is 2.29. The summed E-state index contributed by atoms with van der Waals surface area (Å²) in [7, 11) is 0. The first-order valence-corrected chi connectivity index (χ1v) is 10.5. The molecule has 9 heteroatoms. The van der Waals surface area contributed by atoms with E-state index >= 15 is 0 Å². The van der Waals surface area contributed by atoms with Gasteiger partial charge in [0.05, 0.1) is 5.57 Å². The lowest BCUT2D eigenvalue weighted by molar-refractivity contribution is -0.115. The Morgan fingerprint density at radius 3 is 2.70 bits per heavy atom. The zero-order valence-electron chi connectivity index (χ0n) is 18.2. The van der Waals surface area contributed by atoms with Crippen molar-refractivity contribution in [3.8, 4) is 5.75 Å². The molecule has 1 heterocycles. The number of hydrogen-bond donors (Lipinski definition) is 1. The standard InChI is InChI=1S/C24H25F3N4O2/c1-2-31-14-4-7-22(31)29-16-28-17-33-21-12-10-20(11-13-21)30-23(32)15-18-5-3-6-19(9-8-18)24(25,26)27/h3-4,6,8-14,16H,2,5,7,15,17H2,1H3,(H,30,32). The minimum absolute atomic E-state index is 0.00638. The first kappa shape index (κ1) is 24.0. The summed E-state index contributed by atoms with van der Waals surface area (Å²) in [6.07, 6.45) is 6.98. The number of nitrogens with zero attached hydrogens (tertiary/aromatic N) is 3. The van der Waals surface area contributed by atoms with E-state index in [-0.39, 0.29) is 25.5 Å². The van der Waals surface area contributed by atoms with E-state index in [1.807, 2.05) is 24.1 Å². The fraction of sp³-hybridized carbons (Fsp3) is 0.292. The monoisotopic (exact) mass is 458 g/mol. The number of allylic oxidation sites excluding steroid dienone is 5. The number of benzene rings is 1. The number of rotatable bonds is 8. The van der Waals surface area contributed by atoms with Crippen LogP contribution in [0.25, 0.3) is 0 Å². The Bertz CT molecular complexity index is 1020. The molecular formula is C24H25F3N4O2. The van der Waals surface area contributed by atoms with Crippen molar-refractivity contribution >= 4 is 23.8 Å². The van der Waals surface area contributed by atoms with E-state index in [1.54, 1.807) is 24.3 Å². The van der Waals surface area contributed by atoms with Crippen LogP contribution in [0.1, 0.15) is 26.2 Å². The molecule has 1 amide bonds. The average molecular weight is 458 g/mol. The number of alkyl halides is 3. The van der Waals surface area contributed by atoms with Crippen molar-refractivity contribution < 1.29 is 22.7 Å². The maximum Gasteiger partial charge on any atom is 0.416 e. The number of amidine groups is 1. The fourth-order valence-electron chi connectivity index (χ4n) is 3.19. The molecule has 0 aromatic heterocycles. The second kappa shape index (κ2) is 11.3. The minimum atomic E-state index is -4.41.